The molecule has 4 atom stereocenters. The molecule has 4 unspecified atom stereocenters. The monoisotopic (exact) mass is 456 g/mol. The van der Waals surface area contributed by atoms with Gasteiger partial charge in [-0.1, -0.05) is 29.3 Å². The quantitative estimate of drug-likeness (QED) is 0.505. The molecule has 5 rings (SSSR count). The summed E-state index contributed by atoms with van der Waals surface area (Å²) in [5.74, 6) is -1.91. The number of carbonyl (C=O) groups is 3. The van der Waals surface area contributed by atoms with Crippen LogP contribution in [0.1, 0.15) is 34.3 Å². The molecule has 5 nitrogen and oxygen atoms in total. The van der Waals surface area contributed by atoms with Crippen LogP contribution in [0.25, 0.3) is 0 Å². The molecule has 0 bridgehead atoms. The minimum Gasteiger partial charge on any atom is -0.292 e. The topological polar surface area (TPSA) is 57.7 Å². The first-order valence-corrected chi connectivity index (χ1v) is 11.3. The first-order chi connectivity index (χ1) is 14.8. The SMILES string of the molecule is Cc1ccc(N2C(=O)C3C(C2=O)C(C(=O)c2ccc(Cl)cc2Cl)N2CCCC32)cc1C. The molecule has 0 saturated carbocycles. The van der Waals surface area contributed by atoms with Crippen molar-refractivity contribution in [1.82, 2.24) is 4.90 Å². The van der Waals surface area contributed by atoms with Gasteiger partial charge >= 0.3 is 0 Å². The lowest BCUT2D eigenvalue weighted by atomic mass is 9.85. The van der Waals surface area contributed by atoms with Crippen molar-refractivity contribution < 1.29 is 14.4 Å². The number of nitrogens with zero attached hydrogens (tertiary/aromatic N) is 2. The number of hydrogen-bond donors (Lipinski definition) is 0. The highest BCUT2D eigenvalue weighted by molar-refractivity contribution is 6.37. The summed E-state index contributed by atoms with van der Waals surface area (Å²) in [5, 5.41) is 0.706. The number of fused-ring (bicyclic) bond motifs is 3. The number of benzene rings is 2. The van der Waals surface area contributed by atoms with Crippen molar-refractivity contribution in [2.24, 2.45) is 11.8 Å². The summed E-state index contributed by atoms with van der Waals surface area (Å²) in [6, 6.07) is 9.56. The minimum atomic E-state index is -0.696. The van der Waals surface area contributed by atoms with E-state index in [0.717, 1.165) is 24.0 Å². The third-order valence-corrected chi connectivity index (χ3v) is 7.61. The lowest BCUT2D eigenvalue weighted by Gasteiger charge is -2.28. The third kappa shape index (κ3) is 3.05. The molecule has 0 spiro atoms. The molecular weight excluding hydrogens is 435 g/mol. The Labute approximate surface area is 190 Å². The Morgan fingerprint density at radius 1 is 0.968 bits per heavy atom. The zero-order chi connectivity index (χ0) is 22.0. The second-order valence-electron chi connectivity index (χ2n) is 8.71. The Kier molecular flexibility index (Phi) is 4.96. The number of imide groups is 1. The Bertz CT molecular complexity index is 1130. The largest absolute Gasteiger partial charge is 0.292 e. The molecule has 7 heteroatoms. The van der Waals surface area contributed by atoms with Crippen LogP contribution in [0.4, 0.5) is 5.69 Å². The zero-order valence-corrected chi connectivity index (χ0v) is 18.8. The van der Waals surface area contributed by atoms with Gasteiger partial charge in [0, 0.05) is 16.6 Å². The molecule has 2 aromatic rings. The molecule has 3 fully saturated rings. The van der Waals surface area contributed by atoms with Gasteiger partial charge in [0.05, 0.1) is 28.6 Å². The molecule has 0 aliphatic carbocycles. The third-order valence-electron chi connectivity index (χ3n) is 7.07. The number of halogens is 2. The van der Waals surface area contributed by atoms with Crippen molar-refractivity contribution in [1.29, 1.82) is 0 Å². The van der Waals surface area contributed by atoms with E-state index in [4.69, 9.17) is 23.2 Å². The number of amides is 2. The van der Waals surface area contributed by atoms with Crippen LogP contribution in [0, 0.1) is 25.7 Å². The van der Waals surface area contributed by atoms with Gasteiger partial charge in [-0.25, -0.2) is 4.90 Å². The van der Waals surface area contributed by atoms with Crippen molar-refractivity contribution in [3.05, 3.63) is 63.1 Å². The Balaban J connectivity index is 1.56. The summed E-state index contributed by atoms with van der Waals surface area (Å²) in [7, 11) is 0. The summed E-state index contributed by atoms with van der Waals surface area (Å²) in [5.41, 5.74) is 3.02. The molecule has 160 valence electrons. The predicted molar refractivity (Wildman–Crippen MR) is 120 cm³/mol. The second-order valence-corrected chi connectivity index (χ2v) is 9.56. The fraction of sp³-hybridized carbons (Fsp3) is 0.375. The fourth-order valence-electron chi connectivity index (χ4n) is 5.48. The van der Waals surface area contributed by atoms with E-state index in [9.17, 15) is 14.4 Å². The molecule has 3 saturated heterocycles. The average molecular weight is 457 g/mol. The lowest BCUT2D eigenvalue weighted by Crippen LogP contribution is -2.46. The maximum atomic E-state index is 13.6. The van der Waals surface area contributed by atoms with Crippen LogP contribution < -0.4 is 4.90 Å². The van der Waals surface area contributed by atoms with Gasteiger partial charge in [0.2, 0.25) is 11.8 Å². The molecular formula is C24H22Cl2N2O3. The molecule has 3 heterocycles. The maximum absolute atomic E-state index is 13.6. The van der Waals surface area contributed by atoms with Crippen LogP contribution in [0.5, 0.6) is 0 Å². The van der Waals surface area contributed by atoms with E-state index in [0.29, 0.717) is 22.8 Å². The number of aryl methyl sites for hydroxylation is 2. The number of rotatable bonds is 3. The summed E-state index contributed by atoms with van der Waals surface area (Å²) >= 11 is 12.3. The predicted octanol–water partition coefficient (Wildman–Crippen LogP) is 4.45. The number of Topliss-reactive ketones (excluding diaryl/α,β-unsaturated/α-hetero) is 1. The van der Waals surface area contributed by atoms with Gasteiger partial charge in [0.15, 0.2) is 5.78 Å². The van der Waals surface area contributed by atoms with Crippen LogP contribution in [0.3, 0.4) is 0 Å². The minimum absolute atomic E-state index is 0.0991. The summed E-state index contributed by atoms with van der Waals surface area (Å²) in [4.78, 5) is 44.0. The molecule has 3 aliphatic heterocycles. The number of hydrogen-bond acceptors (Lipinski definition) is 4. The smallest absolute Gasteiger partial charge is 0.239 e. The van der Waals surface area contributed by atoms with Crippen LogP contribution in [0.15, 0.2) is 36.4 Å². The van der Waals surface area contributed by atoms with Crippen molar-refractivity contribution >= 4 is 46.5 Å². The fourth-order valence-corrected chi connectivity index (χ4v) is 5.98. The molecule has 2 aromatic carbocycles. The van der Waals surface area contributed by atoms with Crippen molar-refractivity contribution in [3.63, 3.8) is 0 Å². The molecule has 3 aliphatic rings. The first kappa shape index (κ1) is 20.7. The van der Waals surface area contributed by atoms with Gasteiger partial charge in [0.25, 0.3) is 0 Å². The second kappa shape index (κ2) is 7.44. The van der Waals surface area contributed by atoms with Crippen LogP contribution in [-0.2, 0) is 9.59 Å². The van der Waals surface area contributed by atoms with Gasteiger partial charge in [-0.2, -0.15) is 0 Å². The van der Waals surface area contributed by atoms with Gasteiger partial charge in [-0.3, -0.25) is 19.3 Å². The highest BCUT2D eigenvalue weighted by Crippen LogP contribution is 2.49. The van der Waals surface area contributed by atoms with Gasteiger partial charge in [-0.05, 0) is 74.7 Å². The average Bonchev–Trinajstić information content (AvgIpc) is 3.36. The summed E-state index contributed by atoms with van der Waals surface area (Å²) in [6.45, 7) is 4.64. The summed E-state index contributed by atoms with van der Waals surface area (Å²) < 4.78 is 0. The van der Waals surface area contributed by atoms with Crippen molar-refractivity contribution in [2.45, 2.75) is 38.8 Å². The number of anilines is 1. The van der Waals surface area contributed by atoms with Gasteiger partial charge < -0.3 is 0 Å². The molecule has 2 amide bonds. The van der Waals surface area contributed by atoms with Crippen LogP contribution in [0.2, 0.25) is 10.0 Å². The maximum Gasteiger partial charge on any atom is 0.239 e. The Morgan fingerprint density at radius 3 is 2.42 bits per heavy atom. The Morgan fingerprint density at radius 2 is 1.71 bits per heavy atom. The van der Waals surface area contributed by atoms with E-state index in [2.05, 4.69) is 4.90 Å². The molecule has 0 aromatic heterocycles. The highest BCUT2D eigenvalue weighted by atomic mass is 35.5. The van der Waals surface area contributed by atoms with Crippen LogP contribution >= 0.6 is 23.2 Å². The number of carbonyl (C=O) groups excluding carboxylic acids is 3. The van der Waals surface area contributed by atoms with Crippen LogP contribution in [-0.4, -0.2) is 41.1 Å². The van der Waals surface area contributed by atoms with E-state index in [1.807, 2.05) is 26.0 Å². The van der Waals surface area contributed by atoms with E-state index in [1.165, 1.54) is 11.0 Å². The van der Waals surface area contributed by atoms with E-state index in [-0.39, 0.29) is 28.7 Å². The molecule has 0 N–H and O–H groups in total. The number of ketones is 1. The highest BCUT2D eigenvalue weighted by Gasteiger charge is 2.64. The Hall–Kier alpha value is -2.21. The van der Waals surface area contributed by atoms with Crippen molar-refractivity contribution in [2.75, 3.05) is 11.4 Å². The first-order valence-electron chi connectivity index (χ1n) is 10.5. The zero-order valence-electron chi connectivity index (χ0n) is 17.3. The van der Waals surface area contributed by atoms with E-state index in [1.54, 1.807) is 18.2 Å². The van der Waals surface area contributed by atoms with Crippen molar-refractivity contribution in [3.8, 4) is 0 Å². The van der Waals surface area contributed by atoms with E-state index < -0.39 is 17.9 Å². The standard InChI is InChI=1S/C24H22Cl2N2O3/c1-12-5-7-15(10-13(12)2)28-23(30)19-18-4-3-9-27(18)21(20(19)24(28)31)22(29)16-8-6-14(25)11-17(16)26/h5-8,10-11,18-21H,3-4,9H2,1-2H3. The summed E-state index contributed by atoms with van der Waals surface area (Å²) in [6.07, 6.45) is 1.70. The molecule has 31 heavy (non-hydrogen) atoms. The van der Waals surface area contributed by atoms with Gasteiger partial charge in [-0.15, -0.1) is 0 Å². The lowest BCUT2D eigenvalue weighted by molar-refractivity contribution is -0.123. The van der Waals surface area contributed by atoms with Gasteiger partial charge in [0.1, 0.15) is 0 Å². The normalized spacial score (nSPS) is 27.7. The molecule has 0 radical (unpaired) electrons. The van der Waals surface area contributed by atoms with E-state index >= 15 is 0 Å².